The van der Waals surface area contributed by atoms with Crippen molar-refractivity contribution < 1.29 is 13.2 Å². The maximum Gasteiger partial charge on any atom is 0.265 e. The van der Waals surface area contributed by atoms with Crippen LogP contribution < -0.4 is 9.46 Å². The molecule has 3 aromatic heterocycles. The van der Waals surface area contributed by atoms with Gasteiger partial charge in [0.2, 0.25) is 5.88 Å². The summed E-state index contributed by atoms with van der Waals surface area (Å²) in [5, 5.41) is 6.61. The van der Waals surface area contributed by atoms with Gasteiger partial charge in [-0.15, -0.1) is 11.3 Å². The van der Waals surface area contributed by atoms with Crippen LogP contribution in [0.1, 0.15) is 0 Å². The largest absolute Gasteiger partial charge is 0.437 e. The lowest BCUT2D eigenvalue weighted by molar-refractivity contribution is 0.463. The molecule has 154 valence electrons. The first-order valence-electron chi connectivity index (χ1n) is 8.37. The van der Waals surface area contributed by atoms with E-state index in [9.17, 15) is 8.42 Å². The summed E-state index contributed by atoms with van der Waals surface area (Å²) in [6.45, 7) is 0. The third kappa shape index (κ3) is 4.26. The van der Waals surface area contributed by atoms with Gasteiger partial charge in [-0.05, 0) is 30.3 Å². The second-order valence-electron chi connectivity index (χ2n) is 5.98. The minimum atomic E-state index is -3.88. The average Bonchev–Trinajstić information content (AvgIpc) is 3.35. The number of hydrogen-bond donors (Lipinski definition) is 1. The van der Waals surface area contributed by atoms with E-state index < -0.39 is 10.0 Å². The number of aromatic nitrogens is 4. The van der Waals surface area contributed by atoms with Gasteiger partial charge in [0.25, 0.3) is 10.0 Å². The van der Waals surface area contributed by atoms with E-state index in [0.717, 1.165) is 23.2 Å². The number of rotatable bonds is 6. The van der Waals surface area contributed by atoms with Crippen LogP contribution in [0.5, 0.6) is 11.6 Å². The molecule has 30 heavy (non-hydrogen) atoms. The van der Waals surface area contributed by atoms with Gasteiger partial charge in [-0.3, -0.25) is 9.40 Å². The molecule has 0 bridgehead atoms. The van der Waals surface area contributed by atoms with E-state index in [-0.39, 0.29) is 20.9 Å². The van der Waals surface area contributed by atoms with E-state index in [2.05, 4.69) is 19.8 Å². The third-order valence-corrected chi connectivity index (χ3v) is 6.62. The summed E-state index contributed by atoms with van der Waals surface area (Å²) in [6.07, 6.45) is 4.31. The van der Waals surface area contributed by atoms with Crippen LogP contribution in [-0.4, -0.2) is 28.2 Å². The minimum Gasteiger partial charge on any atom is -0.437 e. The smallest absolute Gasteiger partial charge is 0.265 e. The molecule has 8 nitrogen and oxygen atoms in total. The van der Waals surface area contributed by atoms with Crippen LogP contribution in [0.15, 0.2) is 59.2 Å². The molecule has 0 spiro atoms. The Hall–Kier alpha value is -2.66. The van der Waals surface area contributed by atoms with E-state index in [1.807, 2.05) is 6.07 Å². The highest BCUT2D eigenvalue weighted by atomic mass is 35.5. The molecule has 4 rings (SSSR count). The predicted octanol–water partition coefficient (Wildman–Crippen LogP) is 4.84. The van der Waals surface area contributed by atoms with Crippen LogP contribution in [0, 0.1) is 0 Å². The molecule has 3 heterocycles. The highest BCUT2D eigenvalue weighted by Gasteiger charge is 2.20. The molecular weight excluding hydrogens is 469 g/mol. The fourth-order valence-corrected chi connectivity index (χ4v) is 4.81. The molecule has 0 saturated heterocycles. The molecule has 1 N–H and O–H groups in total. The monoisotopic (exact) mass is 481 g/mol. The number of benzene rings is 1. The molecule has 4 aromatic rings. The Labute approximate surface area is 186 Å². The lowest BCUT2D eigenvalue weighted by Gasteiger charge is -2.13. The van der Waals surface area contributed by atoms with Crippen molar-refractivity contribution in [1.82, 2.24) is 19.7 Å². The number of anilines is 1. The van der Waals surface area contributed by atoms with Gasteiger partial charge in [-0.2, -0.15) is 5.10 Å². The number of nitrogens with one attached hydrogen (secondary N) is 1. The molecule has 0 unspecified atom stereocenters. The summed E-state index contributed by atoms with van der Waals surface area (Å²) in [5.41, 5.74) is 1.46. The van der Waals surface area contributed by atoms with Crippen LogP contribution in [0.2, 0.25) is 10.0 Å². The molecule has 0 aliphatic heterocycles. The highest BCUT2D eigenvalue weighted by Crippen LogP contribution is 2.37. The maximum atomic E-state index is 12.5. The molecule has 0 aliphatic carbocycles. The first-order chi connectivity index (χ1) is 14.3. The number of sulfonamides is 1. The summed E-state index contributed by atoms with van der Waals surface area (Å²) in [5.74, 6) is 0.490. The molecule has 0 aliphatic rings. The van der Waals surface area contributed by atoms with Gasteiger partial charge in [0.15, 0.2) is 5.13 Å². The van der Waals surface area contributed by atoms with Crippen LogP contribution >= 0.6 is 34.5 Å². The van der Waals surface area contributed by atoms with E-state index in [1.54, 1.807) is 41.5 Å². The van der Waals surface area contributed by atoms with Gasteiger partial charge in [0, 0.05) is 35.4 Å². The fourth-order valence-electron chi connectivity index (χ4n) is 2.61. The number of aryl methyl sites for hydroxylation is 1. The van der Waals surface area contributed by atoms with Crippen molar-refractivity contribution in [3.63, 3.8) is 0 Å². The van der Waals surface area contributed by atoms with Crippen molar-refractivity contribution >= 4 is 49.7 Å². The van der Waals surface area contributed by atoms with Crippen molar-refractivity contribution in [3.8, 4) is 22.9 Å². The van der Waals surface area contributed by atoms with Crippen LogP contribution in [0.3, 0.4) is 0 Å². The second-order valence-corrected chi connectivity index (χ2v) is 9.40. The summed E-state index contributed by atoms with van der Waals surface area (Å²) in [7, 11) is -2.09. The molecule has 0 fully saturated rings. The second kappa shape index (κ2) is 8.23. The van der Waals surface area contributed by atoms with Crippen molar-refractivity contribution in [1.29, 1.82) is 0 Å². The lowest BCUT2D eigenvalue weighted by Crippen LogP contribution is -2.13. The number of hydrogen-bond acceptors (Lipinski definition) is 7. The molecule has 0 atom stereocenters. The zero-order chi connectivity index (χ0) is 21.3. The Morgan fingerprint density at radius 3 is 2.63 bits per heavy atom. The Morgan fingerprint density at radius 1 is 1.13 bits per heavy atom. The first kappa shape index (κ1) is 20.6. The molecular formula is C18H13Cl2N5O3S2. The van der Waals surface area contributed by atoms with E-state index in [1.165, 1.54) is 12.3 Å². The molecule has 0 amide bonds. The third-order valence-electron chi connectivity index (χ3n) is 3.99. The SMILES string of the molecule is Cn1nccc1-c1cc(Cl)ccc1Oc1ncc(S(=O)(=O)Nc2nccs2)cc1Cl. The standard InChI is InChI=1S/C18H13Cl2N5O3S2/c1-25-15(4-5-23-25)13-8-11(19)2-3-16(13)28-17-14(20)9-12(10-22-17)30(26,27)24-18-21-6-7-29-18/h2-10H,1H3,(H,21,24). The van der Waals surface area contributed by atoms with Crippen LogP contribution in [0.25, 0.3) is 11.3 Å². The topological polar surface area (TPSA) is 99.0 Å². The van der Waals surface area contributed by atoms with Gasteiger partial charge in [-0.25, -0.2) is 18.4 Å². The van der Waals surface area contributed by atoms with E-state index in [4.69, 9.17) is 27.9 Å². The van der Waals surface area contributed by atoms with Crippen molar-refractivity contribution in [2.45, 2.75) is 4.90 Å². The number of nitrogens with zero attached hydrogens (tertiary/aromatic N) is 4. The quantitative estimate of drug-likeness (QED) is 0.422. The van der Waals surface area contributed by atoms with E-state index >= 15 is 0 Å². The van der Waals surface area contributed by atoms with Crippen LogP contribution in [0.4, 0.5) is 5.13 Å². The van der Waals surface area contributed by atoms with Gasteiger partial charge in [-0.1, -0.05) is 23.2 Å². The summed E-state index contributed by atoms with van der Waals surface area (Å²) < 4.78 is 34.9. The molecule has 1 aromatic carbocycles. The first-order valence-corrected chi connectivity index (χ1v) is 11.5. The van der Waals surface area contributed by atoms with Crippen molar-refractivity contribution in [2.75, 3.05) is 4.72 Å². The molecule has 0 saturated carbocycles. The molecule has 12 heteroatoms. The number of halogens is 2. The Balaban J connectivity index is 1.65. The van der Waals surface area contributed by atoms with Crippen molar-refractivity contribution in [2.24, 2.45) is 7.05 Å². The summed E-state index contributed by atoms with van der Waals surface area (Å²) in [6, 6.07) is 8.16. The Morgan fingerprint density at radius 2 is 1.97 bits per heavy atom. The number of pyridine rings is 1. The maximum absolute atomic E-state index is 12.5. The van der Waals surface area contributed by atoms with Crippen LogP contribution in [-0.2, 0) is 17.1 Å². The fraction of sp³-hybridized carbons (Fsp3) is 0.0556. The predicted molar refractivity (Wildman–Crippen MR) is 116 cm³/mol. The van der Waals surface area contributed by atoms with Gasteiger partial charge in [0.1, 0.15) is 15.7 Å². The van der Waals surface area contributed by atoms with Gasteiger partial charge >= 0.3 is 0 Å². The number of ether oxygens (including phenoxy) is 1. The average molecular weight is 482 g/mol. The summed E-state index contributed by atoms with van der Waals surface area (Å²) in [4.78, 5) is 7.88. The molecule has 0 radical (unpaired) electrons. The Kier molecular flexibility index (Phi) is 5.65. The lowest BCUT2D eigenvalue weighted by atomic mass is 10.1. The summed E-state index contributed by atoms with van der Waals surface area (Å²) >= 11 is 13.6. The zero-order valence-corrected chi connectivity index (χ0v) is 18.4. The highest BCUT2D eigenvalue weighted by molar-refractivity contribution is 7.93. The van der Waals surface area contributed by atoms with Crippen molar-refractivity contribution in [3.05, 3.63) is 64.3 Å². The van der Waals surface area contributed by atoms with E-state index in [0.29, 0.717) is 16.3 Å². The Bertz CT molecular complexity index is 1310. The normalized spacial score (nSPS) is 11.4. The minimum absolute atomic E-state index is 0.0305. The number of thiazole rings is 1. The van der Waals surface area contributed by atoms with Gasteiger partial charge < -0.3 is 4.74 Å². The van der Waals surface area contributed by atoms with Gasteiger partial charge in [0.05, 0.1) is 11.9 Å². The zero-order valence-electron chi connectivity index (χ0n) is 15.3.